The Morgan fingerprint density at radius 3 is 2.37 bits per heavy atom. The Hall–Kier alpha value is -1.97. The molecular weight excluding hydrogens is 553 g/mol. The molecule has 1 aliphatic rings. The van der Waals surface area contributed by atoms with Gasteiger partial charge in [0.25, 0.3) is 0 Å². The molecule has 0 saturated carbocycles. The predicted molar refractivity (Wildman–Crippen MR) is 169 cm³/mol. The lowest BCUT2D eigenvalue weighted by Gasteiger charge is -2.42. The minimum atomic E-state index is -3.47. The average Bonchev–Trinajstić information content (AvgIpc) is 3.32. The summed E-state index contributed by atoms with van der Waals surface area (Å²) in [5.41, 5.74) is 1.20. The second-order valence-electron chi connectivity index (χ2n) is 12.9. The van der Waals surface area contributed by atoms with Gasteiger partial charge in [-0.3, -0.25) is 0 Å². The van der Waals surface area contributed by atoms with Crippen molar-refractivity contribution >= 4 is 18.2 Å². The summed E-state index contributed by atoms with van der Waals surface area (Å²) in [5, 5.41) is 0. The second kappa shape index (κ2) is 14.0. The van der Waals surface area contributed by atoms with Gasteiger partial charge in [0.2, 0.25) is 0 Å². The van der Waals surface area contributed by atoms with Crippen LogP contribution in [0.4, 0.5) is 0 Å². The van der Waals surface area contributed by atoms with E-state index in [1.54, 1.807) is 31.4 Å². The first-order chi connectivity index (χ1) is 19.2. The Morgan fingerprint density at radius 2 is 1.78 bits per heavy atom. The van der Waals surface area contributed by atoms with Crippen molar-refractivity contribution in [1.82, 2.24) is 0 Å². The number of allylic oxidation sites excluding steroid dienone is 2. The molecule has 0 spiro atoms. The molecule has 1 saturated heterocycles. The standard InChI is InChI=1S/C33H50O6SSi/c1-26(2)13-12-22-33(4,39-41(6,7)8)31-20-23-32(3,38-31)30(37-25-27-16-18-28(36-5)19-17-27)21-24-40(34,35)29-14-10-9-11-15-29/h9-11,13-19,30-31H,12,20-25H2,1-8H3/t30-,31-,32+,33+/m1/s1. The van der Waals surface area contributed by atoms with Crippen LogP contribution in [0.25, 0.3) is 0 Å². The Morgan fingerprint density at radius 1 is 1.12 bits per heavy atom. The summed E-state index contributed by atoms with van der Waals surface area (Å²) < 4.78 is 52.0. The molecule has 41 heavy (non-hydrogen) atoms. The third-order valence-corrected chi connectivity index (χ3v) is 10.6. The largest absolute Gasteiger partial charge is 0.497 e. The van der Waals surface area contributed by atoms with Gasteiger partial charge < -0.3 is 18.6 Å². The zero-order chi connectivity index (χ0) is 30.3. The number of rotatable bonds is 15. The fraction of sp³-hybridized carbons (Fsp3) is 0.576. The molecule has 8 heteroatoms. The lowest BCUT2D eigenvalue weighted by molar-refractivity contribution is -0.170. The number of hydrogen-bond donors (Lipinski definition) is 0. The molecule has 0 aromatic heterocycles. The molecule has 0 bridgehead atoms. The van der Waals surface area contributed by atoms with Crippen molar-refractivity contribution in [1.29, 1.82) is 0 Å². The van der Waals surface area contributed by atoms with Gasteiger partial charge in [-0.15, -0.1) is 0 Å². The van der Waals surface area contributed by atoms with Crippen LogP contribution in [-0.2, 0) is 30.3 Å². The molecule has 0 unspecified atom stereocenters. The zero-order valence-corrected chi connectivity index (χ0v) is 28.1. The van der Waals surface area contributed by atoms with E-state index in [-0.39, 0.29) is 11.9 Å². The Balaban J connectivity index is 1.83. The normalized spacial score (nSPS) is 21.7. The summed E-state index contributed by atoms with van der Waals surface area (Å²) in [6.07, 6.45) is 5.46. The molecule has 228 valence electrons. The van der Waals surface area contributed by atoms with Crippen molar-refractivity contribution in [3.8, 4) is 5.75 Å². The van der Waals surface area contributed by atoms with E-state index in [1.165, 1.54) is 5.57 Å². The SMILES string of the molecule is COc1ccc(CO[C@H](CCS(=O)(=O)c2ccccc2)[C@]2(C)CC[C@H]([C@](C)(CCC=C(C)C)O[Si](C)(C)C)O2)cc1. The van der Waals surface area contributed by atoms with Crippen molar-refractivity contribution in [2.45, 2.75) is 114 Å². The second-order valence-corrected chi connectivity index (χ2v) is 19.4. The van der Waals surface area contributed by atoms with Crippen LogP contribution >= 0.6 is 0 Å². The highest BCUT2D eigenvalue weighted by Gasteiger charge is 2.50. The number of hydrogen-bond acceptors (Lipinski definition) is 6. The van der Waals surface area contributed by atoms with Crippen molar-refractivity contribution < 1.29 is 27.1 Å². The highest BCUT2D eigenvalue weighted by molar-refractivity contribution is 7.91. The Labute approximate surface area is 249 Å². The number of benzene rings is 2. The van der Waals surface area contributed by atoms with Crippen LogP contribution in [-0.4, -0.2) is 53.0 Å². The monoisotopic (exact) mass is 602 g/mol. The van der Waals surface area contributed by atoms with Crippen molar-refractivity contribution in [2.24, 2.45) is 0 Å². The molecule has 0 radical (unpaired) electrons. The molecule has 2 aromatic rings. The molecular formula is C33H50O6SSi. The first-order valence-corrected chi connectivity index (χ1v) is 19.8. The quantitative estimate of drug-likeness (QED) is 0.153. The predicted octanol–water partition coefficient (Wildman–Crippen LogP) is 7.74. The summed E-state index contributed by atoms with van der Waals surface area (Å²) in [4.78, 5) is 0.333. The molecule has 2 aromatic carbocycles. The third-order valence-electron chi connectivity index (χ3n) is 7.77. The van der Waals surface area contributed by atoms with Gasteiger partial charge >= 0.3 is 0 Å². The van der Waals surface area contributed by atoms with Crippen molar-refractivity contribution in [2.75, 3.05) is 12.9 Å². The van der Waals surface area contributed by atoms with Gasteiger partial charge in [-0.2, -0.15) is 0 Å². The Bertz CT molecular complexity index is 1230. The minimum absolute atomic E-state index is 0.0167. The van der Waals surface area contributed by atoms with Gasteiger partial charge in [-0.25, -0.2) is 8.42 Å². The van der Waals surface area contributed by atoms with Crippen molar-refractivity contribution in [3.63, 3.8) is 0 Å². The first-order valence-electron chi connectivity index (χ1n) is 14.7. The van der Waals surface area contributed by atoms with Crippen LogP contribution in [0.1, 0.15) is 65.4 Å². The fourth-order valence-corrected chi connectivity index (χ4v) is 8.61. The smallest absolute Gasteiger partial charge is 0.184 e. The maximum atomic E-state index is 13.2. The summed E-state index contributed by atoms with van der Waals surface area (Å²) in [6, 6.07) is 16.4. The molecule has 0 N–H and O–H groups in total. The fourth-order valence-electron chi connectivity index (χ4n) is 5.64. The lowest BCUT2D eigenvalue weighted by atomic mass is 9.89. The number of sulfone groups is 1. The molecule has 1 heterocycles. The van der Waals surface area contributed by atoms with Crippen LogP contribution in [0, 0.1) is 0 Å². The molecule has 6 nitrogen and oxygen atoms in total. The van der Waals surface area contributed by atoms with Gasteiger partial charge in [0.15, 0.2) is 18.2 Å². The Kier molecular flexibility index (Phi) is 11.4. The van der Waals surface area contributed by atoms with Crippen molar-refractivity contribution in [3.05, 3.63) is 71.8 Å². The van der Waals surface area contributed by atoms with E-state index in [9.17, 15) is 8.42 Å². The van der Waals surface area contributed by atoms with Crippen LogP contribution in [0.15, 0.2) is 71.1 Å². The summed E-state index contributed by atoms with van der Waals surface area (Å²) >= 11 is 0. The van der Waals surface area contributed by atoms with E-state index in [0.717, 1.165) is 37.0 Å². The summed E-state index contributed by atoms with van der Waals surface area (Å²) in [6.45, 7) is 15.5. The molecule has 0 aliphatic carbocycles. The van der Waals surface area contributed by atoms with Gasteiger partial charge in [-0.05, 0) is 109 Å². The van der Waals surface area contributed by atoms with Crippen LogP contribution in [0.2, 0.25) is 19.6 Å². The van der Waals surface area contributed by atoms with Crippen LogP contribution in [0.5, 0.6) is 5.75 Å². The van der Waals surface area contributed by atoms with Gasteiger partial charge in [0.1, 0.15) is 5.75 Å². The van der Waals surface area contributed by atoms with Gasteiger partial charge in [-0.1, -0.05) is 42.0 Å². The lowest BCUT2D eigenvalue weighted by Crippen LogP contribution is -2.51. The van der Waals surface area contributed by atoms with Gasteiger partial charge in [0, 0.05) is 0 Å². The summed E-state index contributed by atoms with van der Waals surface area (Å²) in [5.74, 6) is 0.764. The first kappa shape index (κ1) is 33.5. The van der Waals surface area contributed by atoms with E-state index < -0.39 is 35.5 Å². The van der Waals surface area contributed by atoms with E-state index in [1.807, 2.05) is 30.3 Å². The molecule has 0 amide bonds. The summed E-state index contributed by atoms with van der Waals surface area (Å²) in [7, 11) is -3.70. The van der Waals surface area contributed by atoms with E-state index in [2.05, 4.69) is 53.4 Å². The maximum absolute atomic E-state index is 13.2. The van der Waals surface area contributed by atoms with E-state index >= 15 is 0 Å². The molecule has 4 atom stereocenters. The van der Waals surface area contributed by atoms with E-state index in [4.69, 9.17) is 18.6 Å². The molecule has 1 fully saturated rings. The molecule has 1 aliphatic heterocycles. The average molecular weight is 603 g/mol. The minimum Gasteiger partial charge on any atom is -0.497 e. The van der Waals surface area contributed by atoms with Crippen LogP contribution < -0.4 is 4.74 Å². The third kappa shape index (κ3) is 9.78. The zero-order valence-electron chi connectivity index (χ0n) is 26.2. The number of ether oxygens (including phenoxy) is 3. The van der Waals surface area contributed by atoms with Gasteiger partial charge in [0.05, 0.1) is 47.8 Å². The topological polar surface area (TPSA) is 71.1 Å². The number of methoxy groups -OCH3 is 1. The highest BCUT2D eigenvalue weighted by atomic mass is 32.2. The molecule has 3 rings (SSSR count). The maximum Gasteiger partial charge on any atom is 0.184 e. The van der Waals surface area contributed by atoms with E-state index in [0.29, 0.717) is 17.9 Å². The highest BCUT2D eigenvalue weighted by Crippen LogP contribution is 2.43. The van der Waals surface area contributed by atoms with Crippen LogP contribution in [0.3, 0.4) is 0 Å².